The number of nitrogens with zero attached hydrogens (tertiary/aromatic N) is 3. The van der Waals surface area contributed by atoms with Crippen molar-refractivity contribution in [1.82, 2.24) is 20.3 Å². The number of fused-ring (bicyclic) bond motifs is 1. The van der Waals surface area contributed by atoms with Gasteiger partial charge >= 0.3 is 0 Å². The number of para-hydroxylation sites is 2. The fourth-order valence-corrected chi connectivity index (χ4v) is 2.73. The molecule has 1 amide bonds. The monoisotopic (exact) mass is 332 g/mol. The van der Waals surface area contributed by atoms with E-state index >= 15 is 0 Å². The molecular formula is C19H16N4O2. The smallest absolute Gasteiger partial charge is 0.287 e. The van der Waals surface area contributed by atoms with Gasteiger partial charge in [0.05, 0.1) is 18.4 Å². The van der Waals surface area contributed by atoms with E-state index in [2.05, 4.69) is 15.6 Å². The predicted molar refractivity (Wildman–Crippen MR) is 93.5 cm³/mol. The van der Waals surface area contributed by atoms with Crippen LogP contribution in [0.1, 0.15) is 21.8 Å². The molecule has 124 valence electrons. The minimum atomic E-state index is -0.261. The number of rotatable bonds is 4. The van der Waals surface area contributed by atoms with Gasteiger partial charge in [0.1, 0.15) is 11.3 Å². The lowest BCUT2D eigenvalue weighted by molar-refractivity contribution is 0.0924. The molecule has 0 aliphatic rings. The Morgan fingerprint density at radius 2 is 1.88 bits per heavy atom. The van der Waals surface area contributed by atoms with Gasteiger partial charge in [-0.25, -0.2) is 4.68 Å². The van der Waals surface area contributed by atoms with Crippen LogP contribution in [-0.2, 0) is 6.54 Å². The van der Waals surface area contributed by atoms with Crippen molar-refractivity contribution in [3.05, 3.63) is 77.8 Å². The Morgan fingerprint density at radius 3 is 2.68 bits per heavy atom. The highest BCUT2D eigenvalue weighted by molar-refractivity contribution is 5.98. The Hall–Kier alpha value is -3.41. The summed E-state index contributed by atoms with van der Waals surface area (Å²) in [4.78, 5) is 12.4. The van der Waals surface area contributed by atoms with Gasteiger partial charge < -0.3 is 9.73 Å². The molecule has 4 aromatic rings. The van der Waals surface area contributed by atoms with Gasteiger partial charge in [-0.05, 0) is 25.1 Å². The van der Waals surface area contributed by atoms with Crippen molar-refractivity contribution >= 4 is 16.9 Å². The molecule has 0 saturated carbocycles. The van der Waals surface area contributed by atoms with Crippen molar-refractivity contribution in [2.45, 2.75) is 13.5 Å². The van der Waals surface area contributed by atoms with Crippen LogP contribution in [0.4, 0.5) is 0 Å². The summed E-state index contributed by atoms with van der Waals surface area (Å²) in [7, 11) is 0. The van der Waals surface area contributed by atoms with E-state index in [1.165, 1.54) is 0 Å². The Morgan fingerprint density at radius 1 is 1.12 bits per heavy atom. The number of amides is 1. The lowest BCUT2D eigenvalue weighted by atomic mass is 10.1. The van der Waals surface area contributed by atoms with E-state index < -0.39 is 0 Å². The summed E-state index contributed by atoms with van der Waals surface area (Å²) in [5, 5.41) is 12.0. The third-order valence-electron chi connectivity index (χ3n) is 4.04. The zero-order valence-electron chi connectivity index (χ0n) is 13.6. The van der Waals surface area contributed by atoms with Crippen molar-refractivity contribution in [2.24, 2.45) is 0 Å². The third kappa shape index (κ3) is 2.89. The molecule has 1 N–H and O–H groups in total. The Labute approximate surface area is 144 Å². The maximum absolute atomic E-state index is 12.4. The molecule has 6 heteroatoms. The number of benzene rings is 2. The van der Waals surface area contributed by atoms with E-state index in [9.17, 15) is 4.79 Å². The number of furan rings is 1. The first-order chi connectivity index (χ1) is 12.2. The molecule has 0 spiro atoms. The standard InChI is InChI=1S/C19H16N4O2/c1-13-16-9-5-6-10-17(16)25-18(13)19(24)20-11-14-12-23(22-21-14)15-7-3-2-4-8-15/h2-10,12H,11H2,1H3,(H,20,24). The van der Waals surface area contributed by atoms with Crippen LogP contribution in [0, 0.1) is 6.92 Å². The maximum Gasteiger partial charge on any atom is 0.287 e. The van der Waals surface area contributed by atoms with Crippen LogP contribution in [0.2, 0.25) is 0 Å². The lowest BCUT2D eigenvalue weighted by Crippen LogP contribution is -2.23. The molecule has 6 nitrogen and oxygen atoms in total. The van der Waals surface area contributed by atoms with E-state index in [-0.39, 0.29) is 12.5 Å². The van der Waals surface area contributed by atoms with Crippen molar-refractivity contribution in [3.63, 3.8) is 0 Å². The zero-order chi connectivity index (χ0) is 17.2. The molecule has 0 radical (unpaired) electrons. The SMILES string of the molecule is Cc1c(C(=O)NCc2cn(-c3ccccc3)nn2)oc2ccccc12. The van der Waals surface area contributed by atoms with E-state index in [1.54, 1.807) is 10.9 Å². The fraction of sp³-hybridized carbons (Fsp3) is 0.105. The first-order valence-corrected chi connectivity index (χ1v) is 7.95. The average molecular weight is 332 g/mol. The van der Waals surface area contributed by atoms with Gasteiger partial charge in [0, 0.05) is 10.9 Å². The first kappa shape index (κ1) is 15.1. The second kappa shape index (κ2) is 6.24. The zero-order valence-corrected chi connectivity index (χ0v) is 13.6. The summed E-state index contributed by atoms with van der Waals surface area (Å²) in [6.07, 6.45) is 1.79. The lowest BCUT2D eigenvalue weighted by Gasteiger charge is -2.01. The molecule has 0 bridgehead atoms. The van der Waals surface area contributed by atoms with Gasteiger partial charge in [-0.3, -0.25) is 4.79 Å². The van der Waals surface area contributed by atoms with Crippen molar-refractivity contribution in [2.75, 3.05) is 0 Å². The Kier molecular flexibility index (Phi) is 3.78. The number of aromatic nitrogens is 3. The number of carbonyl (C=O) groups is 1. The van der Waals surface area contributed by atoms with Crippen LogP contribution in [0.15, 0.2) is 65.2 Å². The van der Waals surface area contributed by atoms with E-state index in [0.29, 0.717) is 17.0 Å². The van der Waals surface area contributed by atoms with Gasteiger partial charge in [0.25, 0.3) is 5.91 Å². The fourth-order valence-electron chi connectivity index (χ4n) is 2.73. The van der Waals surface area contributed by atoms with Crippen LogP contribution in [0.5, 0.6) is 0 Å². The molecule has 4 rings (SSSR count). The normalized spacial score (nSPS) is 10.9. The number of hydrogen-bond donors (Lipinski definition) is 1. The first-order valence-electron chi connectivity index (χ1n) is 7.95. The molecule has 25 heavy (non-hydrogen) atoms. The minimum absolute atomic E-state index is 0.261. The Balaban J connectivity index is 1.48. The van der Waals surface area contributed by atoms with Gasteiger partial charge in [-0.15, -0.1) is 5.10 Å². The van der Waals surface area contributed by atoms with Crippen molar-refractivity contribution < 1.29 is 9.21 Å². The quantitative estimate of drug-likeness (QED) is 0.622. The number of aryl methyl sites for hydroxylation is 1. The molecule has 0 unspecified atom stereocenters. The summed E-state index contributed by atoms with van der Waals surface area (Å²) in [6, 6.07) is 17.3. The molecule has 0 aliphatic carbocycles. The highest BCUT2D eigenvalue weighted by Gasteiger charge is 2.17. The van der Waals surface area contributed by atoms with Gasteiger partial charge in [0.2, 0.25) is 0 Å². The second-order valence-electron chi connectivity index (χ2n) is 5.73. The van der Waals surface area contributed by atoms with Crippen molar-refractivity contribution in [1.29, 1.82) is 0 Å². The van der Waals surface area contributed by atoms with Crippen LogP contribution >= 0.6 is 0 Å². The molecule has 0 aliphatic heterocycles. The summed E-state index contributed by atoms with van der Waals surface area (Å²) in [5.74, 6) is 0.0691. The van der Waals surface area contributed by atoms with Crippen LogP contribution in [-0.4, -0.2) is 20.9 Å². The topological polar surface area (TPSA) is 73.0 Å². The molecule has 0 atom stereocenters. The summed E-state index contributed by atoms with van der Waals surface area (Å²) < 4.78 is 7.34. The molecule has 2 aromatic carbocycles. The second-order valence-corrected chi connectivity index (χ2v) is 5.73. The average Bonchev–Trinajstić information content (AvgIpc) is 3.26. The van der Waals surface area contributed by atoms with E-state index in [4.69, 9.17) is 4.42 Å². The maximum atomic E-state index is 12.4. The van der Waals surface area contributed by atoms with Gasteiger partial charge in [0.15, 0.2) is 5.76 Å². The molecule has 0 saturated heterocycles. The van der Waals surface area contributed by atoms with Crippen LogP contribution in [0.3, 0.4) is 0 Å². The van der Waals surface area contributed by atoms with Crippen LogP contribution < -0.4 is 5.32 Å². The van der Waals surface area contributed by atoms with E-state index in [0.717, 1.165) is 16.6 Å². The van der Waals surface area contributed by atoms with Gasteiger partial charge in [-0.1, -0.05) is 41.6 Å². The molecule has 0 fully saturated rings. The third-order valence-corrected chi connectivity index (χ3v) is 4.04. The van der Waals surface area contributed by atoms with Crippen LogP contribution in [0.25, 0.3) is 16.7 Å². The van der Waals surface area contributed by atoms with Gasteiger partial charge in [-0.2, -0.15) is 0 Å². The Bertz CT molecular complexity index is 1030. The number of carbonyl (C=O) groups excluding carboxylic acids is 1. The molecule has 2 heterocycles. The number of hydrogen-bond acceptors (Lipinski definition) is 4. The highest BCUT2D eigenvalue weighted by Crippen LogP contribution is 2.24. The van der Waals surface area contributed by atoms with Crippen molar-refractivity contribution in [3.8, 4) is 5.69 Å². The largest absolute Gasteiger partial charge is 0.451 e. The summed E-state index contributed by atoms with van der Waals surface area (Å²) in [5.41, 5.74) is 3.13. The number of nitrogens with one attached hydrogen (secondary N) is 1. The molecular weight excluding hydrogens is 316 g/mol. The summed E-state index contributed by atoms with van der Waals surface area (Å²) in [6.45, 7) is 2.16. The highest BCUT2D eigenvalue weighted by atomic mass is 16.3. The predicted octanol–water partition coefficient (Wildman–Crippen LogP) is 3.25. The molecule has 2 aromatic heterocycles. The van der Waals surface area contributed by atoms with E-state index in [1.807, 2.05) is 61.5 Å². The summed E-state index contributed by atoms with van der Waals surface area (Å²) >= 11 is 0. The minimum Gasteiger partial charge on any atom is -0.451 e.